The SMILES string of the molecule is C=C(C)C(=O)NCc1cn(Cc2ccccc2)c(Cc2ccccc2)n1. The minimum Gasteiger partial charge on any atom is -0.347 e. The quantitative estimate of drug-likeness (QED) is 0.664. The van der Waals surface area contributed by atoms with Gasteiger partial charge in [0.15, 0.2) is 0 Å². The van der Waals surface area contributed by atoms with Crippen LogP contribution in [0.3, 0.4) is 0 Å². The maximum atomic E-state index is 11.7. The number of hydrogen-bond acceptors (Lipinski definition) is 2. The fraction of sp³-hybridized carbons (Fsp3) is 0.182. The summed E-state index contributed by atoms with van der Waals surface area (Å²) >= 11 is 0. The Kier molecular flexibility index (Phi) is 5.64. The molecule has 0 radical (unpaired) electrons. The van der Waals surface area contributed by atoms with Gasteiger partial charge in [-0.25, -0.2) is 4.98 Å². The second kappa shape index (κ2) is 8.30. The third kappa shape index (κ3) is 4.70. The molecule has 0 aliphatic rings. The van der Waals surface area contributed by atoms with E-state index in [0.29, 0.717) is 12.1 Å². The molecule has 3 rings (SSSR count). The zero-order valence-corrected chi connectivity index (χ0v) is 15.0. The third-order valence-corrected chi connectivity index (χ3v) is 4.13. The van der Waals surface area contributed by atoms with Crippen LogP contribution in [-0.4, -0.2) is 15.5 Å². The van der Waals surface area contributed by atoms with E-state index in [1.165, 1.54) is 11.1 Å². The van der Waals surface area contributed by atoms with Crippen molar-refractivity contribution in [2.75, 3.05) is 0 Å². The monoisotopic (exact) mass is 345 g/mol. The Morgan fingerprint density at radius 1 is 1.04 bits per heavy atom. The number of imidazole rings is 1. The molecule has 0 saturated heterocycles. The van der Waals surface area contributed by atoms with Gasteiger partial charge in [0.2, 0.25) is 5.91 Å². The average molecular weight is 345 g/mol. The van der Waals surface area contributed by atoms with Gasteiger partial charge in [0.25, 0.3) is 0 Å². The molecule has 0 unspecified atom stereocenters. The van der Waals surface area contributed by atoms with Crippen LogP contribution in [0, 0.1) is 0 Å². The van der Waals surface area contributed by atoms with E-state index in [2.05, 4.69) is 40.7 Å². The van der Waals surface area contributed by atoms with Gasteiger partial charge in [-0.3, -0.25) is 4.79 Å². The molecule has 0 fully saturated rings. The molecule has 0 bridgehead atoms. The second-order valence-electron chi connectivity index (χ2n) is 6.39. The van der Waals surface area contributed by atoms with Crippen LogP contribution in [0.25, 0.3) is 0 Å². The Labute approximate surface area is 154 Å². The van der Waals surface area contributed by atoms with E-state index in [-0.39, 0.29) is 5.91 Å². The van der Waals surface area contributed by atoms with Crippen molar-refractivity contribution in [1.29, 1.82) is 0 Å². The van der Waals surface area contributed by atoms with Gasteiger partial charge >= 0.3 is 0 Å². The predicted molar refractivity (Wildman–Crippen MR) is 104 cm³/mol. The van der Waals surface area contributed by atoms with Crippen LogP contribution >= 0.6 is 0 Å². The van der Waals surface area contributed by atoms with Gasteiger partial charge in [-0.2, -0.15) is 0 Å². The highest BCUT2D eigenvalue weighted by Gasteiger charge is 2.11. The predicted octanol–water partition coefficient (Wildman–Crippen LogP) is 3.71. The van der Waals surface area contributed by atoms with Crippen molar-refractivity contribution in [2.24, 2.45) is 0 Å². The molecule has 132 valence electrons. The molecule has 1 aromatic heterocycles. The van der Waals surface area contributed by atoms with Gasteiger partial charge in [-0.15, -0.1) is 0 Å². The number of aromatic nitrogens is 2. The third-order valence-electron chi connectivity index (χ3n) is 4.13. The summed E-state index contributed by atoms with van der Waals surface area (Å²) in [5.74, 6) is 0.840. The van der Waals surface area contributed by atoms with Gasteiger partial charge in [-0.1, -0.05) is 67.2 Å². The molecule has 0 aliphatic carbocycles. The van der Waals surface area contributed by atoms with E-state index in [9.17, 15) is 4.79 Å². The Bertz CT molecular complexity index is 823. The van der Waals surface area contributed by atoms with Crippen LogP contribution in [0.2, 0.25) is 0 Å². The second-order valence-corrected chi connectivity index (χ2v) is 6.39. The van der Waals surface area contributed by atoms with E-state index >= 15 is 0 Å². The van der Waals surface area contributed by atoms with Gasteiger partial charge in [-0.05, 0) is 18.1 Å². The molecule has 1 amide bonds. The van der Waals surface area contributed by atoms with Gasteiger partial charge in [0, 0.05) is 24.7 Å². The number of nitrogens with one attached hydrogen (secondary N) is 1. The number of amides is 1. The Hall–Kier alpha value is -3.14. The molecular formula is C22H23N3O. The maximum absolute atomic E-state index is 11.7. The van der Waals surface area contributed by atoms with Crippen molar-refractivity contribution >= 4 is 5.91 Å². The summed E-state index contributed by atoms with van der Waals surface area (Å²) in [5.41, 5.74) is 3.78. The highest BCUT2D eigenvalue weighted by molar-refractivity contribution is 5.91. The highest BCUT2D eigenvalue weighted by Crippen LogP contribution is 2.13. The summed E-state index contributed by atoms with van der Waals surface area (Å²) in [6.45, 7) is 6.52. The highest BCUT2D eigenvalue weighted by atomic mass is 16.1. The molecule has 1 N–H and O–H groups in total. The van der Waals surface area contributed by atoms with Gasteiger partial charge in [0.05, 0.1) is 12.2 Å². The summed E-state index contributed by atoms with van der Waals surface area (Å²) in [5, 5.41) is 2.85. The van der Waals surface area contributed by atoms with Crippen LogP contribution in [0.4, 0.5) is 0 Å². The molecule has 0 saturated carbocycles. The van der Waals surface area contributed by atoms with E-state index < -0.39 is 0 Å². The largest absolute Gasteiger partial charge is 0.347 e. The average Bonchev–Trinajstić information content (AvgIpc) is 3.02. The lowest BCUT2D eigenvalue weighted by Crippen LogP contribution is -2.23. The zero-order chi connectivity index (χ0) is 18.4. The van der Waals surface area contributed by atoms with Gasteiger partial charge < -0.3 is 9.88 Å². The van der Waals surface area contributed by atoms with Crippen molar-refractivity contribution in [3.8, 4) is 0 Å². The van der Waals surface area contributed by atoms with Crippen LogP contribution in [-0.2, 0) is 24.3 Å². The first-order valence-electron chi connectivity index (χ1n) is 8.68. The summed E-state index contributed by atoms with van der Waals surface area (Å²) in [6.07, 6.45) is 2.77. The molecule has 4 heteroatoms. The maximum Gasteiger partial charge on any atom is 0.246 e. The normalized spacial score (nSPS) is 10.5. The van der Waals surface area contributed by atoms with Crippen LogP contribution in [0.15, 0.2) is 79.0 Å². The minimum atomic E-state index is -0.146. The van der Waals surface area contributed by atoms with Crippen molar-refractivity contribution in [3.05, 3.63) is 102 Å². The zero-order valence-electron chi connectivity index (χ0n) is 15.0. The molecule has 2 aromatic carbocycles. The van der Waals surface area contributed by atoms with Crippen LogP contribution in [0.1, 0.15) is 29.6 Å². The fourth-order valence-electron chi connectivity index (χ4n) is 2.76. The number of benzene rings is 2. The van der Waals surface area contributed by atoms with E-state index in [4.69, 9.17) is 4.98 Å². The lowest BCUT2D eigenvalue weighted by atomic mass is 10.1. The minimum absolute atomic E-state index is 0.146. The Morgan fingerprint density at radius 3 is 2.27 bits per heavy atom. The molecule has 1 heterocycles. The molecule has 3 aromatic rings. The smallest absolute Gasteiger partial charge is 0.246 e. The fourth-order valence-corrected chi connectivity index (χ4v) is 2.76. The van der Waals surface area contributed by atoms with E-state index in [1.54, 1.807) is 6.92 Å². The Morgan fingerprint density at radius 2 is 1.65 bits per heavy atom. The summed E-state index contributed by atoms with van der Waals surface area (Å²) < 4.78 is 2.16. The Balaban J connectivity index is 1.82. The van der Waals surface area contributed by atoms with Crippen LogP contribution < -0.4 is 5.32 Å². The first-order valence-corrected chi connectivity index (χ1v) is 8.68. The van der Waals surface area contributed by atoms with Crippen LogP contribution in [0.5, 0.6) is 0 Å². The number of rotatable bonds is 7. The van der Waals surface area contributed by atoms with E-state index in [0.717, 1.165) is 24.5 Å². The molecule has 0 atom stereocenters. The number of nitrogens with zero attached hydrogens (tertiary/aromatic N) is 2. The topological polar surface area (TPSA) is 46.9 Å². The molecule has 26 heavy (non-hydrogen) atoms. The number of carbonyl (C=O) groups excluding carboxylic acids is 1. The van der Waals surface area contributed by atoms with Crippen molar-refractivity contribution < 1.29 is 4.79 Å². The van der Waals surface area contributed by atoms with Crippen molar-refractivity contribution in [1.82, 2.24) is 14.9 Å². The molecule has 4 nitrogen and oxygen atoms in total. The summed E-state index contributed by atoms with van der Waals surface area (Å²) in [6, 6.07) is 20.6. The van der Waals surface area contributed by atoms with Crippen molar-refractivity contribution in [2.45, 2.75) is 26.4 Å². The molecule has 0 spiro atoms. The lowest BCUT2D eigenvalue weighted by Gasteiger charge is -2.08. The van der Waals surface area contributed by atoms with Crippen molar-refractivity contribution in [3.63, 3.8) is 0 Å². The standard InChI is InChI=1S/C22H23N3O/c1-17(2)22(26)23-14-20-16-25(15-19-11-7-4-8-12-19)21(24-20)13-18-9-5-3-6-10-18/h3-12,16H,1,13-15H2,2H3,(H,23,26). The first-order chi connectivity index (χ1) is 12.6. The number of carbonyl (C=O) groups is 1. The van der Waals surface area contributed by atoms with Gasteiger partial charge in [0.1, 0.15) is 5.82 Å². The van der Waals surface area contributed by atoms with E-state index in [1.807, 2.05) is 42.6 Å². The lowest BCUT2D eigenvalue weighted by molar-refractivity contribution is -0.117. The summed E-state index contributed by atoms with van der Waals surface area (Å²) in [4.78, 5) is 16.5. The first kappa shape index (κ1) is 17.7. The number of hydrogen-bond donors (Lipinski definition) is 1. The molecule has 0 aliphatic heterocycles. The summed E-state index contributed by atoms with van der Waals surface area (Å²) in [7, 11) is 0. The molecular weight excluding hydrogens is 322 g/mol.